The molecular formula is C21H20N2O4S2. The van der Waals surface area contributed by atoms with Crippen molar-refractivity contribution < 1.29 is 19.0 Å². The van der Waals surface area contributed by atoms with Gasteiger partial charge in [-0.05, 0) is 54.6 Å². The predicted molar refractivity (Wildman–Crippen MR) is 115 cm³/mol. The SMILES string of the molecule is COc1ccc(SCCCC(=O)Nc2nc(-c3ccc4c(c3)OCO4)cs2)cc1. The van der Waals surface area contributed by atoms with E-state index in [-0.39, 0.29) is 12.7 Å². The molecule has 0 atom stereocenters. The van der Waals surface area contributed by atoms with Crippen LogP contribution in [-0.2, 0) is 4.79 Å². The number of hydrogen-bond donors (Lipinski definition) is 1. The van der Waals surface area contributed by atoms with Crippen molar-refractivity contribution in [3.8, 4) is 28.5 Å². The molecule has 1 aliphatic heterocycles. The van der Waals surface area contributed by atoms with Gasteiger partial charge in [0.1, 0.15) is 5.75 Å². The molecule has 0 aliphatic carbocycles. The van der Waals surface area contributed by atoms with E-state index in [1.165, 1.54) is 16.2 Å². The van der Waals surface area contributed by atoms with Crippen LogP contribution in [0.1, 0.15) is 12.8 Å². The van der Waals surface area contributed by atoms with E-state index in [1.807, 2.05) is 47.8 Å². The molecular weight excluding hydrogens is 408 g/mol. The van der Waals surface area contributed by atoms with E-state index in [9.17, 15) is 4.79 Å². The fourth-order valence-corrected chi connectivity index (χ4v) is 4.38. The fraction of sp³-hybridized carbons (Fsp3) is 0.238. The fourth-order valence-electron chi connectivity index (χ4n) is 2.80. The van der Waals surface area contributed by atoms with Crippen molar-refractivity contribution in [2.75, 3.05) is 25.0 Å². The lowest BCUT2D eigenvalue weighted by Crippen LogP contribution is -2.11. The van der Waals surface area contributed by atoms with Crippen molar-refractivity contribution >= 4 is 34.1 Å². The average Bonchev–Trinajstić information content (AvgIpc) is 3.40. The zero-order chi connectivity index (χ0) is 20.1. The van der Waals surface area contributed by atoms with Crippen LogP contribution in [0.25, 0.3) is 11.3 Å². The van der Waals surface area contributed by atoms with Crippen molar-refractivity contribution in [2.45, 2.75) is 17.7 Å². The maximum absolute atomic E-state index is 12.2. The zero-order valence-corrected chi connectivity index (χ0v) is 17.5. The number of amides is 1. The third kappa shape index (κ3) is 5.02. The summed E-state index contributed by atoms with van der Waals surface area (Å²) < 4.78 is 15.9. The van der Waals surface area contributed by atoms with Gasteiger partial charge >= 0.3 is 0 Å². The molecule has 29 heavy (non-hydrogen) atoms. The molecule has 6 nitrogen and oxygen atoms in total. The number of thiazole rings is 1. The van der Waals surface area contributed by atoms with Gasteiger partial charge in [0.2, 0.25) is 12.7 Å². The summed E-state index contributed by atoms with van der Waals surface area (Å²) in [5.41, 5.74) is 1.74. The number of carbonyl (C=O) groups is 1. The second-order valence-corrected chi connectivity index (χ2v) is 8.31. The molecule has 0 spiro atoms. The second kappa shape index (κ2) is 9.19. The van der Waals surface area contributed by atoms with Crippen molar-refractivity contribution in [2.24, 2.45) is 0 Å². The Morgan fingerprint density at radius 1 is 1.21 bits per heavy atom. The van der Waals surface area contributed by atoms with Crippen molar-refractivity contribution in [1.29, 1.82) is 0 Å². The van der Waals surface area contributed by atoms with E-state index in [4.69, 9.17) is 14.2 Å². The Hall–Kier alpha value is -2.71. The molecule has 1 N–H and O–H groups in total. The molecule has 0 saturated carbocycles. The molecule has 0 fully saturated rings. The number of nitrogens with zero attached hydrogens (tertiary/aromatic N) is 1. The monoisotopic (exact) mass is 428 g/mol. The number of ether oxygens (including phenoxy) is 3. The summed E-state index contributed by atoms with van der Waals surface area (Å²) in [5, 5.41) is 5.41. The Balaban J connectivity index is 1.24. The van der Waals surface area contributed by atoms with Gasteiger partial charge in [-0.3, -0.25) is 4.79 Å². The second-order valence-electron chi connectivity index (χ2n) is 6.28. The molecule has 3 aromatic rings. The third-order valence-corrected chi connectivity index (χ3v) is 6.15. The van der Waals surface area contributed by atoms with Crippen LogP contribution in [0, 0.1) is 0 Å². The molecule has 150 valence electrons. The standard InChI is InChI=1S/C21H20N2O4S2/c1-25-15-5-7-16(8-6-15)28-10-2-3-20(24)23-21-22-17(12-29-21)14-4-9-18-19(11-14)27-13-26-18/h4-9,11-12H,2-3,10,13H2,1H3,(H,22,23,24). The maximum Gasteiger partial charge on any atom is 0.231 e. The number of rotatable bonds is 8. The number of nitrogens with one attached hydrogen (secondary N) is 1. The summed E-state index contributed by atoms with van der Waals surface area (Å²) in [6.07, 6.45) is 1.25. The lowest BCUT2D eigenvalue weighted by atomic mass is 10.1. The van der Waals surface area contributed by atoms with Crippen LogP contribution in [0.2, 0.25) is 0 Å². The highest BCUT2D eigenvalue weighted by Gasteiger charge is 2.15. The highest BCUT2D eigenvalue weighted by Crippen LogP contribution is 2.36. The van der Waals surface area contributed by atoms with Gasteiger partial charge in [-0.25, -0.2) is 4.98 Å². The molecule has 2 aromatic carbocycles. The van der Waals surface area contributed by atoms with Crippen LogP contribution >= 0.6 is 23.1 Å². The average molecular weight is 429 g/mol. The molecule has 4 rings (SSSR count). The van der Waals surface area contributed by atoms with Gasteiger partial charge in [-0.1, -0.05) is 0 Å². The summed E-state index contributed by atoms with van der Waals surface area (Å²) in [5.74, 6) is 3.16. The number of aromatic nitrogens is 1. The predicted octanol–water partition coefficient (Wildman–Crippen LogP) is 5.06. The van der Waals surface area contributed by atoms with Gasteiger partial charge in [0.05, 0.1) is 12.8 Å². The van der Waals surface area contributed by atoms with Crippen molar-refractivity contribution in [3.63, 3.8) is 0 Å². The Morgan fingerprint density at radius 3 is 2.86 bits per heavy atom. The minimum Gasteiger partial charge on any atom is -0.497 e. The van der Waals surface area contributed by atoms with Crippen LogP contribution in [-0.4, -0.2) is 30.5 Å². The Kier molecular flexibility index (Phi) is 6.21. The molecule has 1 amide bonds. The van der Waals surface area contributed by atoms with E-state index in [1.54, 1.807) is 18.9 Å². The lowest BCUT2D eigenvalue weighted by molar-refractivity contribution is -0.116. The Bertz CT molecular complexity index is 989. The molecule has 0 bridgehead atoms. The van der Waals surface area contributed by atoms with Gasteiger partial charge < -0.3 is 19.5 Å². The van der Waals surface area contributed by atoms with Gasteiger partial charge in [0.25, 0.3) is 0 Å². The van der Waals surface area contributed by atoms with Crippen molar-refractivity contribution in [3.05, 3.63) is 47.8 Å². The molecule has 0 unspecified atom stereocenters. The van der Waals surface area contributed by atoms with E-state index in [0.717, 1.165) is 40.7 Å². The summed E-state index contributed by atoms with van der Waals surface area (Å²) in [7, 11) is 1.65. The zero-order valence-electron chi connectivity index (χ0n) is 15.8. The molecule has 8 heteroatoms. The first-order valence-electron chi connectivity index (χ1n) is 9.13. The minimum absolute atomic E-state index is 0.0214. The number of fused-ring (bicyclic) bond motifs is 1. The van der Waals surface area contributed by atoms with Crippen LogP contribution in [0.4, 0.5) is 5.13 Å². The first kappa shape index (κ1) is 19.6. The number of benzene rings is 2. The number of anilines is 1. The quantitative estimate of drug-likeness (QED) is 0.400. The van der Waals surface area contributed by atoms with Gasteiger partial charge in [-0.2, -0.15) is 0 Å². The molecule has 0 radical (unpaired) electrons. The van der Waals surface area contributed by atoms with Gasteiger partial charge in [0, 0.05) is 22.3 Å². The topological polar surface area (TPSA) is 69.7 Å². The number of thioether (sulfide) groups is 1. The first-order chi connectivity index (χ1) is 14.2. The molecule has 1 aromatic heterocycles. The van der Waals surface area contributed by atoms with Gasteiger partial charge in [0.15, 0.2) is 16.6 Å². The van der Waals surface area contributed by atoms with Crippen LogP contribution in [0.15, 0.2) is 52.7 Å². The molecule has 0 saturated heterocycles. The summed E-state index contributed by atoms with van der Waals surface area (Å²) in [6.45, 7) is 0.244. The Labute approximate surface area is 177 Å². The first-order valence-corrected chi connectivity index (χ1v) is 11.0. The van der Waals surface area contributed by atoms with Crippen LogP contribution < -0.4 is 19.5 Å². The van der Waals surface area contributed by atoms with Crippen LogP contribution in [0.3, 0.4) is 0 Å². The highest BCUT2D eigenvalue weighted by atomic mass is 32.2. The summed E-state index contributed by atoms with van der Waals surface area (Å²) >= 11 is 3.14. The smallest absolute Gasteiger partial charge is 0.231 e. The summed E-state index contributed by atoms with van der Waals surface area (Å²) in [6, 6.07) is 13.6. The van der Waals surface area contributed by atoms with Crippen molar-refractivity contribution in [1.82, 2.24) is 4.98 Å². The van der Waals surface area contributed by atoms with Crippen LogP contribution in [0.5, 0.6) is 17.2 Å². The molecule has 1 aliphatic rings. The maximum atomic E-state index is 12.2. The normalized spacial score (nSPS) is 12.0. The summed E-state index contributed by atoms with van der Waals surface area (Å²) in [4.78, 5) is 17.9. The molecule has 2 heterocycles. The number of carbonyl (C=O) groups excluding carboxylic acids is 1. The Morgan fingerprint density at radius 2 is 2.03 bits per heavy atom. The van der Waals surface area contributed by atoms with Gasteiger partial charge in [-0.15, -0.1) is 23.1 Å². The van der Waals surface area contributed by atoms with E-state index in [2.05, 4.69) is 10.3 Å². The largest absolute Gasteiger partial charge is 0.497 e. The van der Waals surface area contributed by atoms with E-state index >= 15 is 0 Å². The van der Waals surface area contributed by atoms with E-state index < -0.39 is 0 Å². The highest BCUT2D eigenvalue weighted by molar-refractivity contribution is 7.99. The van der Waals surface area contributed by atoms with E-state index in [0.29, 0.717) is 11.6 Å². The third-order valence-electron chi connectivity index (χ3n) is 4.30. The lowest BCUT2D eigenvalue weighted by Gasteiger charge is -2.04. The number of methoxy groups -OCH3 is 1. The minimum atomic E-state index is -0.0214. The number of hydrogen-bond acceptors (Lipinski definition) is 7.